The number of nitrogens with zero attached hydrogens (tertiary/aromatic N) is 1. The standard InChI is InChI=1S/C21H22F2N2O2/c1-13(17-8-7-16(22)11-19(17)23)24-21(27)12-20-18-6-4-3-5-15(18)9-10-25(20)14(2)26/h3-8,11,13,20H,9-10,12H2,1-2H3,(H,24,27). The van der Waals surface area contributed by atoms with E-state index in [1.807, 2.05) is 24.3 Å². The van der Waals surface area contributed by atoms with Crippen LogP contribution in [0.5, 0.6) is 0 Å². The van der Waals surface area contributed by atoms with Crippen molar-refractivity contribution in [2.45, 2.75) is 38.8 Å². The highest BCUT2D eigenvalue weighted by Gasteiger charge is 2.31. The first kappa shape index (κ1) is 19.0. The van der Waals surface area contributed by atoms with Crippen molar-refractivity contribution in [3.05, 3.63) is 70.8 Å². The van der Waals surface area contributed by atoms with Gasteiger partial charge in [0.2, 0.25) is 11.8 Å². The van der Waals surface area contributed by atoms with Crippen LogP contribution in [0.15, 0.2) is 42.5 Å². The zero-order valence-corrected chi connectivity index (χ0v) is 15.3. The Kier molecular flexibility index (Phi) is 5.54. The fraction of sp³-hybridized carbons (Fsp3) is 0.333. The Morgan fingerprint density at radius 3 is 2.67 bits per heavy atom. The molecule has 1 N–H and O–H groups in total. The molecule has 0 aromatic heterocycles. The molecule has 4 nitrogen and oxygen atoms in total. The lowest BCUT2D eigenvalue weighted by atomic mass is 9.90. The molecule has 1 aliphatic rings. The van der Waals surface area contributed by atoms with Crippen molar-refractivity contribution in [2.24, 2.45) is 0 Å². The quantitative estimate of drug-likeness (QED) is 0.890. The summed E-state index contributed by atoms with van der Waals surface area (Å²) >= 11 is 0. The normalized spacial score (nSPS) is 17.2. The number of hydrogen-bond acceptors (Lipinski definition) is 2. The minimum Gasteiger partial charge on any atom is -0.349 e. The molecule has 0 saturated carbocycles. The van der Waals surface area contributed by atoms with Gasteiger partial charge in [-0.15, -0.1) is 0 Å². The predicted molar refractivity (Wildman–Crippen MR) is 97.8 cm³/mol. The molecule has 1 heterocycles. The van der Waals surface area contributed by atoms with Gasteiger partial charge in [0, 0.05) is 25.1 Å². The second kappa shape index (κ2) is 7.86. The first-order valence-corrected chi connectivity index (χ1v) is 8.96. The third kappa shape index (κ3) is 4.15. The average molecular weight is 372 g/mol. The van der Waals surface area contributed by atoms with Crippen LogP contribution in [0.1, 0.15) is 49.0 Å². The number of benzene rings is 2. The molecule has 1 aliphatic heterocycles. The van der Waals surface area contributed by atoms with E-state index in [4.69, 9.17) is 0 Å². The number of halogens is 2. The summed E-state index contributed by atoms with van der Waals surface area (Å²) in [4.78, 5) is 26.3. The van der Waals surface area contributed by atoms with Crippen molar-refractivity contribution in [1.82, 2.24) is 10.2 Å². The van der Waals surface area contributed by atoms with Crippen molar-refractivity contribution in [2.75, 3.05) is 6.54 Å². The average Bonchev–Trinajstić information content (AvgIpc) is 2.61. The Morgan fingerprint density at radius 2 is 1.96 bits per heavy atom. The lowest BCUT2D eigenvalue weighted by Gasteiger charge is -2.36. The highest BCUT2D eigenvalue weighted by atomic mass is 19.1. The molecule has 2 unspecified atom stereocenters. The Labute approximate surface area is 157 Å². The predicted octanol–water partition coefficient (Wildman–Crippen LogP) is 3.68. The number of fused-ring (bicyclic) bond motifs is 1. The summed E-state index contributed by atoms with van der Waals surface area (Å²) in [6.45, 7) is 3.70. The van der Waals surface area contributed by atoms with Gasteiger partial charge in [-0.2, -0.15) is 0 Å². The molecule has 0 aliphatic carbocycles. The number of rotatable bonds is 4. The third-order valence-corrected chi connectivity index (χ3v) is 5.00. The van der Waals surface area contributed by atoms with Gasteiger partial charge < -0.3 is 10.2 Å². The van der Waals surface area contributed by atoms with Crippen LogP contribution >= 0.6 is 0 Å². The molecule has 2 aromatic carbocycles. The molecule has 3 rings (SSSR count). The molecule has 0 saturated heterocycles. The van der Waals surface area contributed by atoms with E-state index in [2.05, 4.69) is 5.32 Å². The molecular weight excluding hydrogens is 350 g/mol. The molecule has 2 atom stereocenters. The fourth-order valence-corrected chi connectivity index (χ4v) is 3.66. The van der Waals surface area contributed by atoms with Crippen LogP contribution < -0.4 is 5.32 Å². The SMILES string of the molecule is CC(=O)N1CCc2ccccc2C1CC(=O)NC(C)c1ccc(F)cc1F. The van der Waals surface area contributed by atoms with Crippen LogP contribution in [0, 0.1) is 11.6 Å². The van der Waals surface area contributed by atoms with Gasteiger partial charge in [-0.1, -0.05) is 30.3 Å². The van der Waals surface area contributed by atoms with Crippen LogP contribution in [0.25, 0.3) is 0 Å². The summed E-state index contributed by atoms with van der Waals surface area (Å²) in [5, 5.41) is 2.75. The van der Waals surface area contributed by atoms with E-state index >= 15 is 0 Å². The highest BCUT2D eigenvalue weighted by molar-refractivity contribution is 5.80. The van der Waals surface area contributed by atoms with Crippen molar-refractivity contribution in [3.63, 3.8) is 0 Å². The van der Waals surface area contributed by atoms with E-state index in [1.165, 1.54) is 13.0 Å². The van der Waals surface area contributed by atoms with Crippen LogP contribution in [-0.2, 0) is 16.0 Å². The maximum Gasteiger partial charge on any atom is 0.222 e. The fourth-order valence-electron chi connectivity index (χ4n) is 3.66. The van der Waals surface area contributed by atoms with E-state index in [1.54, 1.807) is 11.8 Å². The summed E-state index contributed by atoms with van der Waals surface area (Å²) in [5.41, 5.74) is 2.32. The highest BCUT2D eigenvalue weighted by Crippen LogP contribution is 2.32. The third-order valence-electron chi connectivity index (χ3n) is 5.00. The number of amides is 2. The van der Waals surface area contributed by atoms with Crippen LogP contribution in [-0.4, -0.2) is 23.3 Å². The first-order valence-electron chi connectivity index (χ1n) is 8.96. The van der Waals surface area contributed by atoms with Crippen molar-refractivity contribution >= 4 is 11.8 Å². The van der Waals surface area contributed by atoms with Crippen LogP contribution in [0.3, 0.4) is 0 Å². The number of nitrogens with one attached hydrogen (secondary N) is 1. The molecule has 27 heavy (non-hydrogen) atoms. The summed E-state index contributed by atoms with van der Waals surface area (Å²) in [6.07, 6.45) is 0.842. The number of carbonyl (C=O) groups excluding carboxylic acids is 2. The topological polar surface area (TPSA) is 49.4 Å². The molecule has 2 aromatic rings. The van der Waals surface area contributed by atoms with Gasteiger partial charge in [-0.3, -0.25) is 9.59 Å². The van der Waals surface area contributed by atoms with Crippen molar-refractivity contribution in [1.29, 1.82) is 0 Å². The van der Waals surface area contributed by atoms with E-state index in [9.17, 15) is 18.4 Å². The number of hydrogen-bond donors (Lipinski definition) is 1. The maximum absolute atomic E-state index is 13.9. The van der Waals surface area contributed by atoms with E-state index < -0.39 is 17.7 Å². The van der Waals surface area contributed by atoms with Gasteiger partial charge in [0.15, 0.2) is 0 Å². The molecule has 142 valence electrons. The van der Waals surface area contributed by atoms with Gasteiger partial charge in [-0.25, -0.2) is 8.78 Å². The summed E-state index contributed by atoms with van der Waals surface area (Å²) < 4.78 is 27.0. The zero-order valence-electron chi connectivity index (χ0n) is 15.3. The summed E-state index contributed by atoms with van der Waals surface area (Å²) in [6, 6.07) is 10.1. The number of carbonyl (C=O) groups is 2. The second-order valence-corrected chi connectivity index (χ2v) is 6.84. The van der Waals surface area contributed by atoms with E-state index in [0.29, 0.717) is 6.54 Å². The Bertz CT molecular complexity index is 869. The second-order valence-electron chi connectivity index (χ2n) is 6.84. The summed E-state index contributed by atoms with van der Waals surface area (Å²) in [7, 11) is 0. The van der Waals surface area contributed by atoms with Gasteiger partial charge >= 0.3 is 0 Å². The Hall–Kier alpha value is -2.76. The molecule has 2 amide bonds. The molecule has 0 fully saturated rings. The van der Waals surface area contributed by atoms with Crippen molar-refractivity contribution < 1.29 is 18.4 Å². The van der Waals surface area contributed by atoms with Crippen molar-refractivity contribution in [3.8, 4) is 0 Å². The van der Waals surface area contributed by atoms with E-state index in [0.717, 1.165) is 29.7 Å². The minimum atomic E-state index is -0.698. The minimum absolute atomic E-state index is 0.0834. The van der Waals surface area contributed by atoms with Gasteiger partial charge in [0.25, 0.3) is 0 Å². The van der Waals surface area contributed by atoms with Gasteiger partial charge in [-0.05, 0) is 30.5 Å². The Morgan fingerprint density at radius 1 is 1.22 bits per heavy atom. The zero-order chi connectivity index (χ0) is 19.6. The molecule has 0 radical (unpaired) electrons. The lowest BCUT2D eigenvalue weighted by Crippen LogP contribution is -2.41. The largest absolute Gasteiger partial charge is 0.349 e. The molecule has 6 heteroatoms. The molecule has 0 bridgehead atoms. The van der Waals surface area contributed by atoms with Gasteiger partial charge in [0.05, 0.1) is 18.5 Å². The Balaban J connectivity index is 1.76. The molecular formula is C21H22F2N2O2. The lowest BCUT2D eigenvalue weighted by molar-refractivity contribution is -0.133. The van der Waals surface area contributed by atoms with E-state index in [-0.39, 0.29) is 29.8 Å². The molecule has 0 spiro atoms. The monoisotopic (exact) mass is 372 g/mol. The van der Waals surface area contributed by atoms with Crippen LogP contribution in [0.4, 0.5) is 8.78 Å². The smallest absolute Gasteiger partial charge is 0.222 e. The summed E-state index contributed by atoms with van der Waals surface area (Å²) in [5.74, 6) is -1.74. The first-order chi connectivity index (χ1) is 12.9. The van der Waals surface area contributed by atoms with Crippen LogP contribution in [0.2, 0.25) is 0 Å². The van der Waals surface area contributed by atoms with Gasteiger partial charge in [0.1, 0.15) is 11.6 Å². The maximum atomic E-state index is 13.9.